The van der Waals surface area contributed by atoms with Crippen molar-refractivity contribution in [2.75, 3.05) is 12.4 Å². The highest BCUT2D eigenvalue weighted by atomic mass is 16.5. The number of methoxy groups -OCH3 is 1. The van der Waals surface area contributed by atoms with Gasteiger partial charge in [-0.3, -0.25) is 5.32 Å². The molecule has 0 saturated heterocycles. The summed E-state index contributed by atoms with van der Waals surface area (Å²) in [5, 5.41) is 2.49. The number of H-pyrrole nitrogens is 1. The SMILES string of the molecule is COC(=O)Nc1ncc(CCCc2ccccc2)[nH]1. The number of aromatic amines is 1. The van der Waals surface area contributed by atoms with Crippen molar-refractivity contribution in [1.29, 1.82) is 0 Å². The first kappa shape index (κ1) is 13.1. The number of hydrogen-bond donors (Lipinski definition) is 2. The predicted octanol–water partition coefficient (Wildman–Crippen LogP) is 2.76. The minimum Gasteiger partial charge on any atom is -0.453 e. The summed E-state index contributed by atoms with van der Waals surface area (Å²) in [5.41, 5.74) is 2.33. The summed E-state index contributed by atoms with van der Waals surface area (Å²) in [6.07, 6.45) is 4.16. The van der Waals surface area contributed by atoms with Crippen LogP contribution in [0.5, 0.6) is 0 Å². The van der Waals surface area contributed by atoms with Crippen molar-refractivity contribution in [3.8, 4) is 0 Å². The summed E-state index contributed by atoms with van der Waals surface area (Å²) in [5.74, 6) is 0.418. The van der Waals surface area contributed by atoms with Crippen LogP contribution in [0.2, 0.25) is 0 Å². The Hall–Kier alpha value is -2.30. The summed E-state index contributed by atoms with van der Waals surface area (Å²) in [6.45, 7) is 0. The number of nitrogens with zero attached hydrogens (tertiary/aromatic N) is 1. The van der Waals surface area contributed by atoms with Crippen LogP contribution in [0.4, 0.5) is 10.7 Å². The molecule has 0 radical (unpaired) electrons. The van der Waals surface area contributed by atoms with Crippen LogP contribution in [0, 0.1) is 0 Å². The first-order chi connectivity index (χ1) is 9.28. The van der Waals surface area contributed by atoms with Gasteiger partial charge >= 0.3 is 6.09 Å². The number of ether oxygens (including phenoxy) is 1. The third-order valence-corrected chi connectivity index (χ3v) is 2.79. The molecule has 0 saturated carbocycles. The smallest absolute Gasteiger partial charge is 0.413 e. The van der Waals surface area contributed by atoms with Gasteiger partial charge in [-0.1, -0.05) is 30.3 Å². The van der Waals surface area contributed by atoms with Gasteiger partial charge < -0.3 is 9.72 Å². The van der Waals surface area contributed by atoms with E-state index in [2.05, 4.69) is 32.2 Å². The van der Waals surface area contributed by atoms with Crippen LogP contribution in [-0.4, -0.2) is 23.2 Å². The number of carbonyl (C=O) groups excluding carboxylic acids is 1. The van der Waals surface area contributed by atoms with Crippen LogP contribution >= 0.6 is 0 Å². The zero-order valence-electron chi connectivity index (χ0n) is 10.8. The van der Waals surface area contributed by atoms with Gasteiger partial charge in [0.05, 0.1) is 13.3 Å². The van der Waals surface area contributed by atoms with E-state index in [1.54, 1.807) is 6.20 Å². The van der Waals surface area contributed by atoms with Crippen molar-refractivity contribution in [2.45, 2.75) is 19.3 Å². The molecule has 0 aliphatic carbocycles. The van der Waals surface area contributed by atoms with E-state index < -0.39 is 6.09 Å². The maximum Gasteiger partial charge on any atom is 0.413 e. The highest BCUT2D eigenvalue weighted by molar-refractivity contribution is 5.82. The van der Waals surface area contributed by atoms with Crippen LogP contribution in [0.1, 0.15) is 17.7 Å². The second-order valence-electron chi connectivity index (χ2n) is 4.21. The number of imidazole rings is 1. The second-order valence-corrected chi connectivity index (χ2v) is 4.21. The maximum absolute atomic E-state index is 11.0. The lowest BCUT2D eigenvalue weighted by Crippen LogP contribution is -2.11. The minimum absolute atomic E-state index is 0.418. The van der Waals surface area contributed by atoms with Gasteiger partial charge in [0, 0.05) is 5.69 Å². The summed E-state index contributed by atoms with van der Waals surface area (Å²) in [7, 11) is 1.32. The molecule has 0 aliphatic rings. The van der Waals surface area contributed by atoms with Crippen molar-refractivity contribution in [3.05, 3.63) is 47.8 Å². The van der Waals surface area contributed by atoms with Gasteiger partial charge in [-0.05, 0) is 24.8 Å². The zero-order chi connectivity index (χ0) is 13.5. The molecule has 1 amide bonds. The van der Waals surface area contributed by atoms with Crippen LogP contribution in [0.25, 0.3) is 0 Å². The Balaban J connectivity index is 1.79. The number of anilines is 1. The predicted molar refractivity (Wildman–Crippen MR) is 73.1 cm³/mol. The average molecular weight is 259 g/mol. The highest BCUT2D eigenvalue weighted by Gasteiger charge is 2.04. The fraction of sp³-hybridized carbons (Fsp3) is 0.286. The molecule has 19 heavy (non-hydrogen) atoms. The van der Waals surface area contributed by atoms with Crippen molar-refractivity contribution < 1.29 is 9.53 Å². The summed E-state index contributed by atoms with van der Waals surface area (Å²) >= 11 is 0. The lowest BCUT2D eigenvalue weighted by molar-refractivity contribution is 0.186. The molecule has 2 rings (SSSR count). The number of carbonyl (C=O) groups is 1. The Morgan fingerprint density at radius 3 is 2.84 bits per heavy atom. The molecule has 1 aromatic heterocycles. The quantitative estimate of drug-likeness (QED) is 0.867. The summed E-state index contributed by atoms with van der Waals surface area (Å²) < 4.78 is 4.49. The monoisotopic (exact) mass is 259 g/mol. The normalized spacial score (nSPS) is 10.2. The van der Waals surface area contributed by atoms with E-state index in [9.17, 15) is 4.79 Å². The van der Waals surface area contributed by atoms with Crippen molar-refractivity contribution >= 4 is 12.0 Å². The number of amides is 1. The number of hydrogen-bond acceptors (Lipinski definition) is 3. The topological polar surface area (TPSA) is 67.0 Å². The van der Waals surface area contributed by atoms with Gasteiger partial charge in [0.25, 0.3) is 0 Å². The lowest BCUT2D eigenvalue weighted by atomic mass is 10.1. The molecule has 2 aromatic rings. The van der Waals surface area contributed by atoms with Gasteiger partial charge in [0.15, 0.2) is 0 Å². The van der Waals surface area contributed by atoms with Crippen molar-refractivity contribution in [2.24, 2.45) is 0 Å². The van der Waals surface area contributed by atoms with E-state index in [0.717, 1.165) is 25.0 Å². The maximum atomic E-state index is 11.0. The van der Waals surface area contributed by atoms with E-state index in [1.807, 2.05) is 18.2 Å². The molecule has 5 heteroatoms. The van der Waals surface area contributed by atoms with Gasteiger partial charge in [0.1, 0.15) is 0 Å². The third-order valence-electron chi connectivity index (χ3n) is 2.79. The van der Waals surface area contributed by atoms with E-state index in [-0.39, 0.29) is 0 Å². The standard InChI is InChI=1S/C14H17N3O2/c1-19-14(18)17-13-15-10-12(16-13)9-5-8-11-6-3-2-4-7-11/h2-4,6-7,10H,5,8-9H2,1H3,(H2,15,16,17,18). The summed E-state index contributed by atoms with van der Waals surface area (Å²) in [6, 6.07) is 10.4. The number of aryl methyl sites for hydroxylation is 2. The van der Waals surface area contributed by atoms with Crippen LogP contribution in [0.3, 0.4) is 0 Å². The van der Waals surface area contributed by atoms with E-state index >= 15 is 0 Å². The highest BCUT2D eigenvalue weighted by Crippen LogP contribution is 2.08. The van der Waals surface area contributed by atoms with Gasteiger partial charge in [-0.2, -0.15) is 0 Å². The fourth-order valence-electron chi connectivity index (χ4n) is 1.83. The Morgan fingerprint density at radius 1 is 1.32 bits per heavy atom. The number of nitrogens with one attached hydrogen (secondary N) is 2. The summed E-state index contributed by atoms with van der Waals surface area (Å²) in [4.78, 5) is 18.1. The van der Waals surface area contributed by atoms with Gasteiger partial charge in [-0.15, -0.1) is 0 Å². The third kappa shape index (κ3) is 4.13. The fourth-order valence-corrected chi connectivity index (χ4v) is 1.83. The van der Waals surface area contributed by atoms with Gasteiger partial charge in [0.2, 0.25) is 5.95 Å². The Morgan fingerprint density at radius 2 is 2.11 bits per heavy atom. The molecule has 0 atom stereocenters. The second kappa shape index (κ2) is 6.58. The molecule has 100 valence electrons. The van der Waals surface area contributed by atoms with E-state index in [1.165, 1.54) is 12.7 Å². The largest absolute Gasteiger partial charge is 0.453 e. The number of aromatic nitrogens is 2. The lowest BCUT2D eigenvalue weighted by Gasteiger charge is -2.00. The molecule has 0 spiro atoms. The molecule has 0 unspecified atom stereocenters. The number of benzene rings is 1. The Bertz CT molecular complexity index is 522. The molecule has 2 N–H and O–H groups in total. The van der Waals surface area contributed by atoms with Crippen LogP contribution < -0.4 is 5.32 Å². The van der Waals surface area contributed by atoms with Crippen molar-refractivity contribution in [1.82, 2.24) is 9.97 Å². The molecule has 0 aliphatic heterocycles. The minimum atomic E-state index is -0.523. The molecular formula is C14H17N3O2. The first-order valence-corrected chi connectivity index (χ1v) is 6.20. The zero-order valence-corrected chi connectivity index (χ0v) is 10.8. The average Bonchev–Trinajstić information content (AvgIpc) is 2.87. The Labute approximate surface area is 112 Å². The van der Waals surface area contributed by atoms with Gasteiger partial charge in [-0.25, -0.2) is 9.78 Å². The van der Waals surface area contributed by atoms with E-state index in [0.29, 0.717) is 5.95 Å². The molecule has 0 bridgehead atoms. The first-order valence-electron chi connectivity index (χ1n) is 6.20. The molecule has 5 nitrogen and oxygen atoms in total. The van der Waals surface area contributed by atoms with Crippen molar-refractivity contribution in [3.63, 3.8) is 0 Å². The molecule has 0 fully saturated rings. The number of rotatable bonds is 5. The molecule has 1 aromatic carbocycles. The van der Waals surface area contributed by atoms with Crippen LogP contribution in [0.15, 0.2) is 36.5 Å². The Kier molecular flexibility index (Phi) is 4.55. The molecule has 1 heterocycles. The van der Waals surface area contributed by atoms with E-state index in [4.69, 9.17) is 0 Å². The van der Waals surface area contributed by atoms with Crippen LogP contribution in [-0.2, 0) is 17.6 Å². The molecular weight excluding hydrogens is 242 g/mol.